The largest absolute Gasteiger partial charge is 0.493 e. The van der Waals surface area contributed by atoms with Crippen LogP contribution in [0.1, 0.15) is 18.4 Å². The molecule has 2 aromatic carbocycles. The maximum Gasteiger partial charge on any atom is 0.162 e. The molecule has 0 aliphatic carbocycles. The lowest BCUT2D eigenvalue weighted by Crippen LogP contribution is -1.98. The summed E-state index contributed by atoms with van der Waals surface area (Å²) in [6, 6.07) is 11.5. The Balaban J connectivity index is 1.91. The van der Waals surface area contributed by atoms with Gasteiger partial charge in [0.05, 0.1) is 19.7 Å². The molecule has 0 spiro atoms. The van der Waals surface area contributed by atoms with Gasteiger partial charge < -0.3 is 19.9 Å². The predicted molar refractivity (Wildman–Crippen MR) is 106 cm³/mol. The van der Waals surface area contributed by atoms with Crippen molar-refractivity contribution in [1.82, 2.24) is 9.97 Å². The Hall–Kier alpha value is -3.30. The average molecular weight is 363 g/mol. The SMILES string of the molecule is COc1cc2ncnc(Nc3cccc(C#CCCCO)c3)c2cc1OC. The molecule has 0 amide bonds. The normalized spacial score (nSPS) is 10.2. The third-order valence-electron chi connectivity index (χ3n) is 3.96. The third kappa shape index (κ3) is 4.46. The summed E-state index contributed by atoms with van der Waals surface area (Å²) in [6.07, 6.45) is 2.87. The van der Waals surface area contributed by atoms with Gasteiger partial charge in [0, 0.05) is 35.7 Å². The highest BCUT2D eigenvalue weighted by Crippen LogP contribution is 2.34. The first-order chi connectivity index (χ1) is 13.2. The molecule has 138 valence electrons. The number of aliphatic hydroxyl groups excluding tert-OH is 1. The molecular formula is C21H21N3O3. The quantitative estimate of drug-likeness (QED) is 0.515. The minimum Gasteiger partial charge on any atom is -0.493 e. The van der Waals surface area contributed by atoms with Crippen molar-refractivity contribution in [1.29, 1.82) is 0 Å². The van der Waals surface area contributed by atoms with Crippen LogP contribution in [0.2, 0.25) is 0 Å². The summed E-state index contributed by atoms with van der Waals surface area (Å²) < 4.78 is 10.7. The van der Waals surface area contributed by atoms with Gasteiger partial charge in [-0.3, -0.25) is 0 Å². The molecule has 6 nitrogen and oxygen atoms in total. The molecule has 0 aliphatic heterocycles. The fraction of sp³-hybridized carbons (Fsp3) is 0.238. The maximum absolute atomic E-state index is 8.82. The number of benzene rings is 2. The predicted octanol–water partition coefficient (Wildman–Crippen LogP) is 3.51. The highest BCUT2D eigenvalue weighted by molar-refractivity contribution is 5.93. The van der Waals surface area contributed by atoms with E-state index < -0.39 is 0 Å². The second-order valence-corrected chi connectivity index (χ2v) is 5.78. The Kier molecular flexibility index (Phi) is 6.08. The summed E-state index contributed by atoms with van der Waals surface area (Å²) in [5, 5.41) is 13.0. The average Bonchev–Trinajstić information content (AvgIpc) is 2.71. The van der Waals surface area contributed by atoms with E-state index in [1.807, 2.05) is 36.4 Å². The van der Waals surface area contributed by atoms with Crippen molar-refractivity contribution >= 4 is 22.4 Å². The van der Waals surface area contributed by atoms with Gasteiger partial charge in [-0.05, 0) is 30.7 Å². The van der Waals surface area contributed by atoms with Crippen LogP contribution in [0, 0.1) is 11.8 Å². The van der Waals surface area contributed by atoms with Gasteiger partial charge in [-0.2, -0.15) is 0 Å². The number of aliphatic hydroxyl groups is 1. The Bertz CT molecular complexity index is 993. The van der Waals surface area contributed by atoms with Crippen LogP contribution in [0.15, 0.2) is 42.7 Å². The van der Waals surface area contributed by atoms with Gasteiger partial charge in [-0.15, -0.1) is 0 Å². The number of nitrogens with one attached hydrogen (secondary N) is 1. The van der Waals surface area contributed by atoms with Crippen LogP contribution < -0.4 is 14.8 Å². The Labute approximate surface area is 158 Å². The summed E-state index contributed by atoms with van der Waals surface area (Å²) >= 11 is 0. The van der Waals surface area contributed by atoms with E-state index in [0.29, 0.717) is 30.2 Å². The second-order valence-electron chi connectivity index (χ2n) is 5.78. The smallest absolute Gasteiger partial charge is 0.162 e. The summed E-state index contributed by atoms with van der Waals surface area (Å²) in [5.74, 6) is 8.07. The van der Waals surface area contributed by atoms with Gasteiger partial charge in [-0.1, -0.05) is 17.9 Å². The molecule has 0 bridgehead atoms. The van der Waals surface area contributed by atoms with E-state index in [9.17, 15) is 0 Å². The van der Waals surface area contributed by atoms with E-state index in [1.54, 1.807) is 14.2 Å². The number of unbranched alkanes of at least 4 members (excludes halogenated alkanes) is 1. The van der Waals surface area contributed by atoms with Gasteiger partial charge >= 0.3 is 0 Å². The van der Waals surface area contributed by atoms with E-state index in [0.717, 1.165) is 22.2 Å². The third-order valence-corrected chi connectivity index (χ3v) is 3.96. The zero-order valence-electron chi connectivity index (χ0n) is 15.3. The van der Waals surface area contributed by atoms with E-state index in [4.69, 9.17) is 14.6 Å². The molecule has 0 fully saturated rings. The van der Waals surface area contributed by atoms with E-state index >= 15 is 0 Å². The number of hydrogen-bond acceptors (Lipinski definition) is 6. The molecule has 6 heteroatoms. The first-order valence-corrected chi connectivity index (χ1v) is 8.58. The number of anilines is 2. The summed E-state index contributed by atoms with van der Waals surface area (Å²) in [6.45, 7) is 0.158. The molecule has 0 atom stereocenters. The van der Waals surface area contributed by atoms with Crippen molar-refractivity contribution in [3.8, 4) is 23.3 Å². The molecule has 0 aliphatic rings. The zero-order chi connectivity index (χ0) is 19.1. The molecule has 3 aromatic rings. The molecule has 27 heavy (non-hydrogen) atoms. The molecular weight excluding hydrogens is 342 g/mol. The van der Waals surface area contributed by atoms with Gasteiger partial charge in [0.15, 0.2) is 11.5 Å². The van der Waals surface area contributed by atoms with Crippen molar-refractivity contribution in [2.45, 2.75) is 12.8 Å². The van der Waals surface area contributed by atoms with Crippen LogP contribution in [0.25, 0.3) is 10.9 Å². The van der Waals surface area contributed by atoms with Crippen LogP contribution in [0.4, 0.5) is 11.5 Å². The van der Waals surface area contributed by atoms with Crippen molar-refractivity contribution in [2.24, 2.45) is 0 Å². The fourth-order valence-corrected chi connectivity index (χ4v) is 2.63. The van der Waals surface area contributed by atoms with Gasteiger partial charge in [0.25, 0.3) is 0 Å². The standard InChI is InChI=1S/C21H21N3O3/c1-26-19-12-17-18(13-20(19)27-2)22-14-23-21(17)24-16-9-6-8-15(11-16)7-4-3-5-10-25/h6,8-9,11-14,25H,3,5,10H2,1-2H3,(H,22,23,24). The lowest BCUT2D eigenvalue weighted by Gasteiger charge is -2.12. The maximum atomic E-state index is 8.82. The van der Waals surface area contributed by atoms with Crippen molar-refractivity contribution in [3.05, 3.63) is 48.3 Å². The topological polar surface area (TPSA) is 76.5 Å². The number of methoxy groups -OCH3 is 2. The van der Waals surface area contributed by atoms with E-state index in [-0.39, 0.29) is 6.61 Å². The van der Waals surface area contributed by atoms with Crippen molar-refractivity contribution in [3.63, 3.8) is 0 Å². The van der Waals surface area contributed by atoms with Gasteiger partial charge in [0.2, 0.25) is 0 Å². The lowest BCUT2D eigenvalue weighted by atomic mass is 10.1. The lowest BCUT2D eigenvalue weighted by molar-refractivity contribution is 0.290. The van der Waals surface area contributed by atoms with Crippen LogP contribution in [0.5, 0.6) is 11.5 Å². The van der Waals surface area contributed by atoms with Crippen LogP contribution >= 0.6 is 0 Å². The number of ether oxygens (including phenoxy) is 2. The molecule has 1 heterocycles. The molecule has 3 rings (SSSR count). The highest BCUT2D eigenvalue weighted by Gasteiger charge is 2.11. The van der Waals surface area contributed by atoms with Gasteiger partial charge in [0.1, 0.15) is 12.1 Å². The number of fused-ring (bicyclic) bond motifs is 1. The Morgan fingerprint density at radius 3 is 2.67 bits per heavy atom. The van der Waals surface area contributed by atoms with Crippen LogP contribution in [-0.2, 0) is 0 Å². The number of rotatable bonds is 6. The van der Waals surface area contributed by atoms with E-state index in [2.05, 4.69) is 27.1 Å². The van der Waals surface area contributed by atoms with Gasteiger partial charge in [-0.25, -0.2) is 9.97 Å². The summed E-state index contributed by atoms with van der Waals surface area (Å²) in [5.41, 5.74) is 2.53. The summed E-state index contributed by atoms with van der Waals surface area (Å²) in [7, 11) is 3.19. The minimum atomic E-state index is 0.158. The monoisotopic (exact) mass is 363 g/mol. The van der Waals surface area contributed by atoms with E-state index in [1.165, 1.54) is 6.33 Å². The fourth-order valence-electron chi connectivity index (χ4n) is 2.63. The Morgan fingerprint density at radius 1 is 1.07 bits per heavy atom. The van der Waals surface area contributed by atoms with Crippen molar-refractivity contribution < 1.29 is 14.6 Å². The zero-order valence-corrected chi connectivity index (χ0v) is 15.3. The first kappa shape index (κ1) is 18.5. The molecule has 1 aromatic heterocycles. The number of aromatic nitrogens is 2. The number of nitrogens with zero attached hydrogens (tertiary/aromatic N) is 2. The van der Waals surface area contributed by atoms with Crippen LogP contribution in [0.3, 0.4) is 0 Å². The molecule has 0 unspecified atom stereocenters. The number of hydrogen-bond donors (Lipinski definition) is 2. The highest BCUT2D eigenvalue weighted by atomic mass is 16.5. The molecule has 0 radical (unpaired) electrons. The molecule has 0 saturated carbocycles. The second kappa shape index (κ2) is 8.88. The summed E-state index contributed by atoms with van der Waals surface area (Å²) in [4.78, 5) is 8.68. The minimum absolute atomic E-state index is 0.158. The molecule has 2 N–H and O–H groups in total. The van der Waals surface area contributed by atoms with Crippen LogP contribution in [-0.4, -0.2) is 35.9 Å². The molecule has 0 saturated heterocycles. The first-order valence-electron chi connectivity index (χ1n) is 8.58. The van der Waals surface area contributed by atoms with Crippen molar-refractivity contribution in [2.75, 3.05) is 26.1 Å². The Morgan fingerprint density at radius 2 is 1.89 bits per heavy atom.